The number of hydrogen-bond acceptors (Lipinski definition) is 5. The molecule has 168 valence electrons. The van der Waals surface area contributed by atoms with Gasteiger partial charge in [-0.2, -0.15) is 8.78 Å². The molecule has 0 aliphatic carbocycles. The van der Waals surface area contributed by atoms with Crippen LogP contribution in [-0.4, -0.2) is 30.7 Å². The third-order valence-corrected chi connectivity index (χ3v) is 4.45. The van der Waals surface area contributed by atoms with Gasteiger partial charge < -0.3 is 20.1 Å². The number of carbonyl (C=O) groups excluding carboxylic acids is 2. The summed E-state index contributed by atoms with van der Waals surface area (Å²) >= 11 is 0. The number of halogens is 5. The zero-order chi connectivity index (χ0) is 23.3. The minimum atomic E-state index is -2.40. The molecular formula is C20H19F5N2O4. The second-order valence-electron chi connectivity index (χ2n) is 6.93. The fraction of sp³-hybridized carbons (Fsp3) is 0.300. The number of carbonyl (C=O) groups is 2. The molecule has 0 fully saturated rings. The Hall–Kier alpha value is -3.21. The first-order chi connectivity index (χ1) is 14.5. The van der Waals surface area contributed by atoms with E-state index in [9.17, 15) is 31.5 Å². The predicted octanol–water partition coefficient (Wildman–Crippen LogP) is 3.58. The molecule has 6 nitrogen and oxygen atoms in total. The van der Waals surface area contributed by atoms with Crippen LogP contribution < -0.4 is 15.4 Å². The van der Waals surface area contributed by atoms with Crippen LogP contribution in [0.1, 0.15) is 19.4 Å². The number of benzene rings is 2. The number of ether oxygens (including phenoxy) is 2. The molecule has 0 bridgehead atoms. The van der Waals surface area contributed by atoms with Crippen LogP contribution in [0.25, 0.3) is 0 Å². The molecule has 1 atom stereocenters. The predicted molar refractivity (Wildman–Crippen MR) is 98.6 cm³/mol. The van der Waals surface area contributed by atoms with E-state index in [1.165, 1.54) is 20.9 Å². The normalized spacial score (nSPS) is 12.3. The summed E-state index contributed by atoms with van der Waals surface area (Å²) in [5.74, 6) is -14.9. The second-order valence-corrected chi connectivity index (χ2v) is 6.93. The molecule has 0 spiro atoms. The highest BCUT2D eigenvalue weighted by Crippen LogP contribution is 2.29. The van der Waals surface area contributed by atoms with Gasteiger partial charge in [0.2, 0.25) is 34.8 Å². The molecule has 1 unspecified atom stereocenters. The van der Waals surface area contributed by atoms with E-state index in [0.717, 1.165) is 0 Å². The Morgan fingerprint density at radius 2 is 1.45 bits per heavy atom. The zero-order valence-corrected chi connectivity index (χ0v) is 16.7. The lowest BCUT2D eigenvalue weighted by Crippen LogP contribution is -2.61. The van der Waals surface area contributed by atoms with E-state index < -0.39 is 58.5 Å². The highest BCUT2D eigenvalue weighted by Gasteiger charge is 2.39. The highest BCUT2D eigenvalue weighted by atomic mass is 19.2. The minimum Gasteiger partial charge on any atom is -0.445 e. The maximum atomic E-state index is 13.8. The number of esters is 1. The van der Waals surface area contributed by atoms with Crippen molar-refractivity contribution in [1.82, 2.24) is 10.6 Å². The van der Waals surface area contributed by atoms with Crippen molar-refractivity contribution in [1.29, 1.82) is 0 Å². The summed E-state index contributed by atoms with van der Waals surface area (Å²) in [6.45, 7) is 2.70. The van der Waals surface area contributed by atoms with Gasteiger partial charge in [-0.3, -0.25) is 0 Å². The van der Waals surface area contributed by atoms with Crippen LogP contribution in [0.3, 0.4) is 0 Å². The fourth-order valence-corrected chi connectivity index (χ4v) is 2.39. The summed E-state index contributed by atoms with van der Waals surface area (Å²) in [4.78, 5) is 24.7. The molecule has 0 saturated heterocycles. The van der Waals surface area contributed by atoms with Gasteiger partial charge >= 0.3 is 12.1 Å². The maximum absolute atomic E-state index is 13.8. The topological polar surface area (TPSA) is 76.7 Å². The largest absolute Gasteiger partial charge is 0.445 e. The lowest BCUT2D eigenvalue weighted by Gasteiger charge is -2.32. The number of rotatable bonds is 7. The highest BCUT2D eigenvalue weighted by molar-refractivity contribution is 5.84. The van der Waals surface area contributed by atoms with E-state index in [4.69, 9.17) is 4.74 Å². The average Bonchev–Trinajstić information content (AvgIpc) is 2.76. The van der Waals surface area contributed by atoms with Crippen molar-refractivity contribution in [2.24, 2.45) is 0 Å². The first-order valence-corrected chi connectivity index (χ1v) is 8.88. The van der Waals surface area contributed by atoms with Gasteiger partial charge in [-0.05, 0) is 26.5 Å². The Balaban J connectivity index is 2.22. The lowest BCUT2D eigenvalue weighted by atomic mass is 9.95. The smallest absolute Gasteiger partial charge is 0.408 e. The van der Waals surface area contributed by atoms with Crippen molar-refractivity contribution in [2.75, 3.05) is 7.05 Å². The number of nitrogens with one attached hydrogen (secondary N) is 2. The molecule has 2 rings (SSSR count). The molecule has 11 heteroatoms. The van der Waals surface area contributed by atoms with Crippen LogP contribution in [-0.2, 0) is 16.1 Å². The molecule has 0 radical (unpaired) electrons. The molecule has 31 heavy (non-hydrogen) atoms. The molecule has 2 aromatic rings. The van der Waals surface area contributed by atoms with Gasteiger partial charge in [0, 0.05) is 5.54 Å². The van der Waals surface area contributed by atoms with E-state index in [1.807, 2.05) is 0 Å². The van der Waals surface area contributed by atoms with Crippen molar-refractivity contribution in [3.63, 3.8) is 0 Å². The first-order valence-electron chi connectivity index (χ1n) is 8.88. The van der Waals surface area contributed by atoms with Crippen molar-refractivity contribution >= 4 is 12.1 Å². The van der Waals surface area contributed by atoms with E-state index in [2.05, 4.69) is 15.4 Å². The first kappa shape index (κ1) is 24.1. The second kappa shape index (κ2) is 9.73. The average molecular weight is 446 g/mol. The Morgan fingerprint density at radius 1 is 0.935 bits per heavy atom. The molecular weight excluding hydrogens is 427 g/mol. The summed E-state index contributed by atoms with van der Waals surface area (Å²) in [6.07, 6.45) is -1.08. The van der Waals surface area contributed by atoms with Gasteiger partial charge in [0.1, 0.15) is 12.6 Å². The van der Waals surface area contributed by atoms with Gasteiger partial charge in [-0.15, -0.1) is 0 Å². The van der Waals surface area contributed by atoms with Crippen LogP contribution in [0.15, 0.2) is 30.3 Å². The summed E-state index contributed by atoms with van der Waals surface area (Å²) in [6, 6.07) is 6.91. The molecule has 1 amide bonds. The van der Waals surface area contributed by atoms with Gasteiger partial charge in [-0.1, -0.05) is 30.3 Å². The molecule has 2 aromatic carbocycles. The number of amides is 1. The lowest BCUT2D eigenvalue weighted by molar-refractivity contribution is -0.139. The van der Waals surface area contributed by atoms with E-state index >= 15 is 0 Å². The number of alkyl carbamates (subject to hydrolysis) is 1. The standard InChI is InChI=1S/C20H19F5N2O4/c1-20(2,26-3)17(27-19(29)30-9-10-7-5-4-6-8-10)18(28)31-16-14(24)12(22)11(21)13(23)15(16)25/h4-8,17,26H,9H2,1-3H3,(H,27,29). The summed E-state index contributed by atoms with van der Waals surface area (Å²) in [5, 5.41) is 4.85. The third kappa shape index (κ3) is 5.48. The van der Waals surface area contributed by atoms with Gasteiger partial charge in [0.15, 0.2) is 0 Å². The van der Waals surface area contributed by atoms with Gasteiger partial charge in [-0.25, -0.2) is 22.8 Å². The Morgan fingerprint density at radius 3 is 1.97 bits per heavy atom. The SMILES string of the molecule is CNC(C)(C)C(NC(=O)OCc1ccccc1)C(=O)Oc1c(F)c(F)c(F)c(F)c1F. The maximum Gasteiger partial charge on any atom is 0.408 e. The molecule has 2 N–H and O–H groups in total. The van der Waals surface area contributed by atoms with Crippen LogP contribution >= 0.6 is 0 Å². The quantitative estimate of drug-likeness (QED) is 0.224. The Labute approximate surface area is 174 Å². The van der Waals surface area contributed by atoms with Crippen molar-refractivity contribution in [2.45, 2.75) is 32.0 Å². The molecule has 0 aliphatic rings. The van der Waals surface area contributed by atoms with E-state index in [0.29, 0.717) is 5.56 Å². The monoisotopic (exact) mass is 446 g/mol. The van der Waals surface area contributed by atoms with Crippen molar-refractivity contribution < 1.29 is 41.0 Å². The van der Waals surface area contributed by atoms with Crippen LogP contribution in [0.2, 0.25) is 0 Å². The summed E-state index contributed by atoms with van der Waals surface area (Å²) in [5.41, 5.74) is -0.626. The Kier molecular flexibility index (Phi) is 7.55. The van der Waals surface area contributed by atoms with Gasteiger partial charge in [0.25, 0.3) is 0 Å². The summed E-state index contributed by atoms with van der Waals surface area (Å²) < 4.78 is 77.1. The zero-order valence-electron chi connectivity index (χ0n) is 16.7. The van der Waals surface area contributed by atoms with Crippen molar-refractivity contribution in [3.8, 4) is 5.75 Å². The van der Waals surface area contributed by atoms with Gasteiger partial charge in [0.05, 0.1) is 0 Å². The van der Waals surface area contributed by atoms with Crippen LogP contribution in [0.4, 0.5) is 26.7 Å². The number of likely N-dealkylation sites (N-methyl/N-ethyl adjacent to an activating group) is 1. The fourth-order valence-electron chi connectivity index (χ4n) is 2.39. The van der Waals surface area contributed by atoms with Crippen LogP contribution in [0.5, 0.6) is 5.75 Å². The molecule has 0 saturated carbocycles. The van der Waals surface area contributed by atoms with Crippen molar-refractivity contribution in [3.05, 3.63) is 65.0 Å². The molecule has 0 aromatic heterocycles. The van der Waals surface area contributed by atoms with Crippen LogP contribution in [0, 0.1) is 29.1 Å². The third-order valence-electron chi connectivity index (χ3n) is 4.45. The molecule has 0 heterocycles. The number of hydrogen-bond donors (Lipinski definition) is 2. The molecule has 0 aliphatic heterocycles. The summed E-state index contributed by atoms with van der Waals surface area (Å²) in [7, 11) is 1.41. The Bertz CT molecular complexity index is 941. The van der Waals surface area contributed by atoms with E-state index in [-0.39, 0.29) is 6.61 Å². The minimum absolute atomic E-state index is 0.147. The van der Waals surface area contributed by atoms with E-state index in [1.54, 1.807) is 30.3 Å².